The average molecular weight is 509 g/mol. The first-order chi connectivity index (χ1) is 19.1. The van der Waals surface area contributed by atoms with Crippen LogP contribution in [0.5, 0.6) is 0 Å². The van der Waals surface area contributed by atoms with Gasteiger partial charge in [-0.2, -0.15) is 0 Å². The highest BCUT2D eigenvalue weighted by Crippen LogP contribution is 2.51. The van der Waals surface area contributed by atoms with Crippen LogP contribution in [0.3, 0.4) is 0 Å². The number of amides is 3. The fourth-order valence-electron chi connectivity index (χ4n) is 6.07. The second-order valence-corrected chi connectivity index (χ2v) is 9.73. The lowest BCUT2D eigenvalue weighted by atomic mass is 9.74. The van der Waals surface area contributed by atoms with Crippen LogP contribution in [0.4, 0.5) is 4.79 Å². The molecule has 1 heterocycles. The van der Waals surface area contributed by atoms with Gasteiger partial charge in [0.05, 0.1) is 0 Å². The van der Waals surface area contributed by atoms with Gasteiger partial charge in [-0.05, 0) is 27.8 Å². The zero-order chi connectivity index (χ0) is 26.9. The third-order valence-electron chi connectivity index (χ3n) is 7.79. The number of carbonyl (C=O) groups excluding carboxylic acids is 2. The van der Waals surface area contributed by atoms with Gasteiger partial charge in [-0.1, -0.05) is 152 Å². The lowest BCUT2D eigenvalue weighted by Gasteiger charge is -2.42. The van der Waals surface area contributed by atoms with E-state index < -0.39 is 11.1 Å². The molecule has 4 nitrogen and oxygen atoms in total. The summed E-state index contributed by atoms with van der Waals surface area (Å²) in [6.45, 7) is 0. The van der Waals surface area contributed by atoms with Crippen molar-refractivity contribution < 1.29 is 9.59 Å². The monoisotopic (exact) mass is 508 g/mol. The molecule has 1 saturated heterocycles. The van der Waals surface area contributed by atoms with Gasteiger partial charge < -0.3 is 4.90 Å². The molecule has 1 aliphatic rings. The molecule has 0 bridgehead atoms. The van der Waals surface area contributed by atoms with Crippen molar-refractivity contribution in [2.75, 3.05) is 7.05 Å². The summed E-state index contributed by atoms with van der Waals surface area (Å²) in [5, 5.41) is 0. The van der Waals surface area contributed by atoms with E-state index >= 15 is 4.79 Å². The van der Waals surface area contributed by atoms with Crippen LogP contribution >= 0.6 is 0 Å². The fourth-order valence-corrected chi connectivity index (χ4v) is 6.07. The third-order valence-corrected chi connectivity index (χ3v) is 7.79. The first kappa shape index (κ1) is 24.4. The molecule has 4 heteroatoms. The molecule has 39 heavy (non-hydrogen) atoms. The standard InChI is InChI=1S/C35H28N2O2/c1-36-33(39)37(32(38)35(36,30-23-13-5-14-24-30)31-25-15-6-16-26-31)34(27-17-7-2-8-18-27,28-19-9-3-10-20-28)29-21-11-4-12-22-29/h2-26H,1H3. The van der Waals surface area contributed by atoms with Crippen molar-refractivity contribution in [3.05, 3.63) is 179 Å². The van der Waals surface area contributed by atoms with Gasteiger partial charge in [-0.3, -0.25) is 4.79 Å². The number of carbonyl (C=O) groups is 2. The molecular weight excluding hydrogens is 480 g/mol. The number of rotatable bonds is 6. The summed E-state index contributed by atoms with van der Waals surface area (Å²) in [4.78, 5) is 33.0. The van der Waals surface area contributed by atoms with Crippen molar-refractivity contribution in [1.82, 2.24) is 9.80 Å². The molecule has 0 N–H and O–H groups in total. The van der Waals surface area contributed by atoms with Gasteiger partial charge >= 0.3 is 6.03 Å². The summed E-state index contributed by atoms with van der Waals surface area (Å²) in [5.41, 5.74) is 1.41. The molecule has 5 aromatic carbocycles. The maximum atomic E-state index is 15.3. The highest BCUT2D eigenvalue weighted by molar-refractivity contribution is 6.11. The van der Waals surface area contributed by atoms with E-state index in [2.05, 4.69) is 0 Å². The van der Waals surface area contributed by atoms with Gasteiger partial charge in [0.1, 0.15) is 5.54 Å². The normalized spacial score (nSPS) is 15.0. The molecule has 1 aliphatic heterocycles. The van der Waals surface area contributed by atoms with Crippen molar-refractivity contribution in [3.8, 4) is 0 Å². The van der Waals surface area contributed by atoms with Crippen LogP contribution in [-0.2, 0) is 15.9 Å². The maximum Gasteiger partial charge on any atom is 0.329 e. The highest BCUT2D eigenvalue weighted by Gasteiger charge is 2.64. The van der Waals surface area contributed by atoms with Gasteiger partial charge in [-0.15, -0.1) is 0 Å². The van der Waals surface area contributed by atoms with Gasteiger partial charge in [0.25, 0.3) is 5.91 Å². The van der Waals surface area contributed by atoms with E-state index in [1.54, 1.807) is 11.9 Å². The number of nitrogens with zero attached hydrogens (tertiary/aromatic N) is 2. The molecule has 5 aromatic rings. The van der Waals surface area contributed by atoms with Crippen LogP contribution < -0.4 is 0 Å². The predicted molar refractivity (Wildman–Crippen MR) is 153 cm³/mol. The molecule has 0 aliphatic carbocycles. The summed E-state index contributed by atoms with van der Waals surface area (Å²) in [6.07, 6.45) is 0. The van der Waals surface area contributed by atoms with E-state index in [9.17, 15) is 4.79 Å². The number of imide groups is 1. The van der Waals surface area contributed by atoms with E-state index in [4.69, 9.17) is 0 Å². The Morgan fingerprint density at radius 1 is 0.487 bits per heavy atom. The SMILES string of the molecule is CN1C(=O)N(C(c2ccccc2)(c2ccccc2)c2ccccc2)C(=O)C1(c1ccccc1)c1ccccc1. The van der Waals surface area contributed by atoms with Crippen LogP contribution in [0.1, 0.15) is 27.8 Å². The Hall–Kier alpha value is -4.96. The van der Waals surface area contributed by atoms with Gasteiger partial charge in [0.2, 0.25) is 0 Å². The molecule has 0 radical (unpaired) electrons. The summed E-state index contributed by atoms with van der Waals surface area (Å²) < 4.78 is 0. The number of urea groups is 1. The predicted octanol–water partition coefficient (Wildman–Crippen LogP) is 6.82. The van der Waals surface area contributed by atoms with Gasteiger partial charge in [0, 0.05) is 7.05 Å². The number of benzene rings is 5. The molecule has 0 spiro atoms. The highest BCUT2D eigenvalue weighted by atomic mass is 16.2. The van der Waals surface area contributed by atoms with Crippen molar-refractivity contribution in [1.29, 1.82) is 0 Å². The largest absolute Gasteiger partial charge is 0.329 e. The van der Waals surface area contributed by atoms with E-state index in [1.807, 2.05) is 152 Å². The Morgan fingerprint density at radius 3 is 1.13 bits per heavy atom. The molecule has 190 valence electrons. The first-order valence-corrected chi connectivity index (χ1v) is 13.0. The van der Waals surface area contributed by atoms with E-state index in [0.29, 0.717) is 0 Å². The van der Waals surface area contributed by atoms with Crippen LogP contribution in [0.2, 0.25) is 0 Å². The van der Waals surface area contributed by atoms with Crippen molar-refractivity contribution >= 4 is 11.9 Å². The third kappa shape index (κ3) is 3.52. The van der Waals surface area contributed by atoms with Crippen molar-refractivity contribution in [2.24, 2.45) is 0 Å². The van der Waals surface area contributed by atoms with Crippen LogP contribution in [-0.4, -0.2) is 28.8 Å². The minimum atomic E-state index is -1.34. The molecule has 0 unspecified atom stereocenters. The Kier molecular flexibility index (Phi) is 6.08. The van der Waals surface area contributed by atoms with E-state index in [0.717, 1.165) is 27.8 Å². The Labute approximate surface area is 228 Å². The zero-order valence-electron chi connectivity index (χ0n) is 21.6. The number of hydrogen-bond donors (Lipinski definition) is 0. The van der Waals surface area contributed by atoms with Crippen LogP contribution in [0, 0.1) is 0 Å². The summed E-state index contributed by atoms with van der Waals surface area (Å²) >= 11 is 0. The molecular formula is C35H28N2O2. The van der Waals surface area contributed by atoms with Crippen molar-refractivity contribution in [2.45, 2.75) is 11.1 Å². The molecule has 3 amide bonds. The molecule has 0 atom stereocenters. The first-order valence-electron chi connectivity index (χ1n) is 13.0. The second kappa shape index (κ2) is 9.73. The molecule has 0 aromatic heterocycles. The smallest absolute Gasteiger partial charge is 0.305 e. The van der Waals surface area contributed by atoms with Gasteiger partial charge in [-0.25, -0.2) is 9.69 Å². The van der Waals surface area contributed by atoms with E-state index in [-0.39, 0.29) is 11.9 Å². The molecule has 0 saturated carbocycles. The summed E-state index contributed by atoms with van der Waals surface area (Å²) in [5.74, 6) is -0.302. The zero-order valence-corrected chi connectivity index (χ0v) is 21.6. The molecule has 6 rings (SSSR count). The van der Waals surface area contributed by atoms with Gasteiger partial charge in [0.15, 0.2) is 5.54 Å². The lowest BCUT2D eigenvalue weighted by Crippen LogP contribution is -2.53. The van der Waals surface area contributed by atoms with Crippen LogP contribution in [0.25, 0.3) is 0 Å². The minimum absolute atomic E-state index is 0.302. The maximum absolute atomic E-state index is 15.3. The Morgan fingerprint density at radius 2 is 0.795 bits per heavy atom. The fraction of sp³-hybridized carbons (Fsp3) is 0.0857. The van der Waals surface area contributed by atoms with E-state index in [1.165, 1.54) is 4.90 Å². The second-order valence-electron chi connectivity index (χ2n) is 9.73. The average Bonchev–Trinajstić information content (AvgIpc) is 3.21. The Balaban J connectivity index is 1.72. The topological polar surface area (TPSA) is 40.6 Å². The number of hydrogen-bond acceptors (Lipinski definition) is 2. The summed E-state index contributed by atoms with van der Waals surface area (Å²) in [6, 6.07) is 48.3. The minimum Gasteiger partial charge on any atom is -0.305 e. The van der Waals surface area contributed by atoms with Crippen LogP contribution in [0.15, 0.2) is 152 Å². The quantitative estimate of drug-likeness (QED) is 0.187. The lowest BCUT2D eigenvalue weighted by molar-refractivity contribution is -0.134. The number of likely N-dealkylation sites (N-methyl/N-ethyl adjacent to an activating group) is 1. The molecule has 1 fully saturated rings. The summed E-state index contributed by atoms with van der Waals surface area (Å²) in [7, 11) is 1.73. The van der Waals surface area contributed by atoms with Crippen molar-refractivity contribution in [3.63, 3.8) is 0 Å². The Bertz CT molecular complexity index is 1450.